The highest BCUT2D eigenvalue weighted by molar-refractivity contribution is 5.96. The van der Waals surface area contributed by atoms with E-state index in [-0.39, 0.29) is 0 Å². The highest BCUT2D eigenvalue weighted by atomic mass is 16.5. The predicted octanol–water partition coefficient (Wildman–Crippen LogP) is 5.83. The summed E-state index contributed by atoms with van der Waals surface area (Å²) in [5, 5.41) is 19.5. The van der Waals surface area contributed by atoms with Gasteiger partial charge < -0.3 is 9.47 Å². The molecule has 4 heteroatoms. The van der Waals surface area contributed by atoms with E-state index in [0.717, 1.165) is 11.1 Å². The minimum Gasteiger partial charge on any atom is -0.496 e. The van der Waals surface area contributed by atoms with Crippen molar-refractivity contribution in [1.29, 1.82) is 10.5 Å². The molecule has 146 valence electrons. The lowest BCUT2D eigenvalue weighted by Crippen LogP contribution is -1.98. The van der Waals surface area contributed by atoms with Crippen LogP contribution in [0.15, 0.2) is 72.8 Å². The maximum Gasteiger partial charge on any atom is 0.128 e. The van der Waals surface area contributed by atoms with Gasteiger partial charge in [0.1, 0.15) is 11.5 Å². The maximum absolute atomic E-state index is 9.77. The first kappa shape index (κ1) is 20.5. The topological polar surface area (TPSA) is 66.0 Å². The first-order valence-electron chi connectivity index (χ1n) is 9.30. The Morgan fingerprint density at radius 1 is 0.667 bits per heavy atom. The molecule has 3 aromatic rings. The number of nitriles is 2. The number of benzene rings is 3. The highest BCUT2D eigenvalue weighted by Crippen LogP contribution is 2.37. The lowest BCUT2D eigenvalue weighted by molar-refractivity contribution is 0.401. The molecule has 0 fully saturated rings. The van der Waals surface area contributed by atoms with Crippen molar-refractivity contribution in [2.45, 2.75) is 0 Å². The molecule has 0 unspecified atom stereocenters. The number of rotatable bonds is 6. The van der Waals surface area contributed by atoms with E-state index in [2.05, 4.69) is 12.1 Å². The Morgan fingerprint density at radius 3 is 1.33 bits per heavy atom. The van der Waals surface area contributed by atoms with Gasteiger partial charge in [-0.05, 0) is 35.4 Å². The first-order valence-corrected chi connectivity index (χ1v) is 9.30. The van der Waals surface area contributed by atoms with Gasteiger partial charge in [-0.2, -0.15) is 10.5 Å². The third kappa shape index (κ3) is 4.58. The van der Waals surface area contributed by atoms with Gasteiger partial charge in [0.25, 0.3) is 0 Å². The summed E-state index contributed by atoms with van der Waals surface area (Å²) in [5.41, 5.74) is 3.88. The van der Waals surface area contributed by atoms with Crippen LogP contribution in [0.1, 0.15) is 22.3 Å². The Balaban J connectivity index is 2.15. The molecule has 4 nitrogen and oxygen atoms in total. The number of hydrogen-bond acceptors (Lipinski definition) is 4. The molecule has 0 aliphatic carbocycles. The molecule has 3 aromatic carbocycles. The van der Waals surface area contributed by atoms with Gasteiger partial charge in [-0.3, -0.25) is 0 Å². The van der Waals surface area contributed by atoms with Crippen molar-refractivity contribution >= 4 is 23.3 Å². The van der Waals surface area contributed by atoms with Crippen molar-refractivity contribution < 1.29 is 9.47 Å². The van der Waals surface area contributed by atoms with E-state index in [1.54, 1.807) is 38.5 Å². The quantitative estimate of drug-likeness (QED) is 0.391. The molecule has 0 amide bonds. The summed E-state index contributed by atoms with van der Waals surface area (Å²) in [5.74, 6) is 0.979. The lowest BCUT2D eigenvalue weighted by atomic mass is 9.96. The molecule has 0 aromatic heterocycles. The molecule has 0 N–H and O–H groups in total. The highest BCUT2D eigenvalue weighted by Gasteiger charge is 2.17. The molecule has 0 spiro atoms. The lowest BCUT2D eigenvalue weighted by Gasteiger charge is -2.14. The largest absolute Gasteiger partial charge is 0.496 e. The van der Waals surface area contributed by atoms with Crippen molar-refractivity contribution in [1.82, 2.24) is 0 Å². The molecule has 0 aliphatic heterocycles. The summed E-state index contributed by atoms with van der Waals surface area (Å²) in [6.07, 6.45) is 3.59. The Bertz CT molecular complexity index is 1070. The van der Waals surface area contributed by atoms with Crippen LogP contribution in [0.2, 0.25) is 0 Å². The Labute approximate surface area is 176 Å². The van der Waals surface area contributed by atoms with Gasteiger partial charge in [0.2, 0.25) is 0 Å². The molecule has 0 atom stereocenters. The fourth-order valence-corrected chi connectivity index (χ4v) is 3.09. The van der Waals surface area contributed by atoms with Crippen LogP contribution < -0.4 is 9.47 Å². The van der Waals surface area contributed by atoms with E-state index < -0.39 is 0 Å². The number of methoxy groups -OCH3 is 2. The fraction of sp³-hybridized carbons (Fsp3) is 0.0769. The SMILES string of the molecule is COc1cc(/C(C#N)=C/c2ccccc2)c(OC)cc1/C(C#N)=C/c1ccccc1. The normalized spacial score (nSPS) is 11.3. The number of hydrogen-bond donors (Lipinski definition) is 0. The van der Waals surface area contributed by atoms with Crippen molar-refractivity contribution in [3.8, 4) is 23.6 Å². The molecule has 0 radical (unpaired) electrons. The van der Waals surface area contributed by atoms with Crippen LogP contribution in [0, 0.1) is 22.7 Å². The van der Waals surface area contributed by atoms with Crippen LogP contribution in [-0.4, -0.2) is 14.2 Å². The second-order valence-electron chi connectivity index (χ2n) is 6.41. The molecule has 0 saturated carbocycles. The van der Waals surface area contributed by atoms with Gasteiger partial charge in [-0.15, -0.1) is 0 Å². The molecular weight excluding hydrogens is 372 g/mol. The zero-order valence-corrected chi connectivity index (χ0v) is 16.8. The summed E-state index contributed by atoms with van der Waals surface area (Å²) < 4.78 is 11.1. The van der Waals surface area contributed by atoms with Crippen molar-refractivity contribution in [2.24, 2.45) is 0 Å². The van der Waals surface area contributed by atoms with E-state index in [4.69, 9.17) is 9.47 Å². The molecular formula is C26H20N2O2. The van der Waals surface area contributed by atoms with Crippen LogP contribution in [0.4, 0.5) is 0 Å². The minimum absolute atomic E-state index is 0.438. The second-order valence-corrected chi connectivity index (χ2v) is 6.41. The van der Waals surface area contributed by atoms with Gasteiger partial charge in [0.15, 0.2) is 0 Å². The van der Waals surface area contributed by atoms with Gasteiger partial charge in [-0.25, -0.2) is 0 Å². The summed E-state index contributed by atoms with van der Waals surface area (Å²) in [7, 11) is 3.08. The van der Waals surface area contributed by atoms with E-state index in [1.807, 2.05) is 60.7 Å². The van der Waals surface area contributed by atoms with Crippen LogP contribution in [0.5, 0.6) is 11.5 Å². The van der Waals surface area contributed by atoms with Crippen molar-refractivity contribution in [2.75, 3.05) is 14.2 Å². The summed E-state index contributed by atoms with van der Waals surface area (Å²) >= 11 is 0. The van der Waals surface area contributed by atoms with Crippen LogP contribution in [0.3, 0.4) is 0 Å². The molecule has 0 bridgehead atoms. The third-order valence-corrected chi connectivity index (χ3v) is 4.56. The zero-order chi connectivity index (χ0) is 21.3. The van der Waals surface area contributed by atoms with E-state index >= 15 is 0 Å². The van der Waals surface area contributed by atoms with E-state index in [9.17, 15) is 10.5 Å². The molecule has 0 saturated heterocycles. The van der Waals surface area contributed by atoms with Crippen LogP contribution in [-0.2, 0) is 0 Å². The smallest absolute Gasteiger partial charge is 0.128 e. The van der Waals surface area contributed by atoms with Crippen molar-refractivity contribution in [3.63, 3.8) is 0 Å². The van der Waals surface area contributed by atoms with E-state index in [0.29, 0.717) is 33.8 Å². The minimum atomic E-state index is 0.438. The summed E-state index contributed by atoms with van der Waals surface area (Å²) in [6.45, 7) is 0. The Kier molecular flexibility index (Phi) is 6.66. The number of nitrogens with zero attached hydrogens (tertiary/aromatic N) is 2. The summed E-state index contributed by atoms with van der Waals surface area (Å²) in [6, 6.07) is 27.1. The van der Waals surface area contributed by atoms with Crippen LogP contribution >= 0.6 is 0 Å². The third-order valence-electron chi connectivity index (χ3n) is 4.56. The van der Waals surface area contributed by atoms with Gasteiger partial charge >= 0.3 is 0 Å². The molecule has 3 rings (SSSR count). The average Bonchev–Trinajstić information content (AvgIpc) is 2.81. The average molecular weight is 392 g/mol. The van der Waals surface area contributed by atoms with Crippen molar-refractivity contribution in [3.05, 3.63) is 95.1 Å². The van der Waals surface area contributed by atoms with Crippen LogP contribution in [0.25, 0.3) is 23.3 Å². The van der Waals surface area contributed by atoms with E-state index in [1.165, 1.54) is 0 Å². The van der Waals surface area contributed by atoms with Gasteiger partial charge in [0, 0.05) is 11.1 Å². The second kappa shape index (κ2) is 9.78. The van der Waals surface area contributed by atoms with Gasteiger partial charge in [-0.1, -0.05) is 60.7 Å². The molecule has 30 heavy (non-hydrogen) atoms. The Hall–Kier alpha value is -4.28. The zero-order valence-electron chi connectivity index (χ0n) is 16.8. The monoisotopic (exact) mass is 392 g/mol. The maximum atomic E-state index is 9.77. The fourth-order valence-electron chi connectivity index (χ4n) is 3.09. The molecule has 0 aliphatic rings. The predicted molar refractivity (Wildman–Crippen MR) is 119 cm³/mol. The number of allylic oxidation sites excluding steroid dienone is 2. The molecule has 0 heterocycles. The first-order chi connectivity index (χ1) is 14.7. The summed E-state index contributed by atoms with van der Waals surface area (Å²) in [4.78, 5) is 0. The standard InChI is InChI=1S/C26H20N2O2/c1-29-25-15-24(22(18-28)14-20-11-7-4-8-12-20)26(30-2)16-23(25)21(17-27)13-19-9-5-3-6-10-19/h3-16H,1-2H3/b21-13+,22-14+. The van der Waals surface area contributed by atoms with Gasteiger partial charge in [0.05, 0.1) is 37.5 Å². The number of ether oxygens (including phenoxy) is 2. The Morgan fingerprint density at radius 2 is 1.03 bits per heavy atom.